The van der Waals surface area contributed by atoms with E-state index < -0.39 is 17.8 Å². The first kappa shape index (κ1) is 24.7. The van der Waals surface area contributed by atoms with Crippen LogP contribution in [-0.4, -0.2) is 41.6 Å². The normalized spacial score (nSPS) is 9.79. The van der Waals surface area contributed by atoms with Gasteiger partial charge in [-0.05, 0) is 66.1 Å². The van der Waals surface area contributed by atoms with Gasteiger partial charge >= 0.3 is 11.9 Å². The van der Waals surface area contributed by atoms with Gasteiger partial charge in [0.15, 0.2) is 0 Å². The number of anilines is 1. The molecule has 0 saturated heterocycles. The molecule has 3 aromatic carbocycles. The Morgan fingerprint density at radius 3 is 2.06 bits per heavy atom. The number of esters is 1. The molecule has 1 amide bonds. The molecule has 0 fully saturated rings. The molecule has 0 aliphatic heterocycles. The number of aromatic carboxylic acids is 1. The summed E-state index contributed by atoms with van der Waals surface area (Å²) in [6.45, 7) is 1.37. The summed E-state index contributed by atoms with van der Waals surface area (Å²) in [6.07, 6.45) is 0. The highest BCUT2D eigenvalue weighted by Gasteiger charge is 2.18. The number of carboxylic acids is 1. The second-order valence-corrected chi connectivity index (χ2v) is 6.65. The molecule has 9 heteroatoms. The van der Waals surface area contributed by atoms with Gasteiger partial charge in [0.25, 0.3) is 12.4 Å². The zero-order valence-electron chi connectivity index (χ0n) is 17.7. The lowest BCUT2D eigenvalue weighted by atomic mass is 10.0. The van der Waals surface area contributed by atoms with Gasteiger partial charge in [0.1, 0.15) is 5.82 Å². The van der Waals surface area contributed by atoms with Gasteiger partial charge in [0.05, 0.1) is 23.9 Å². The predicted octanol–water partition coefficient (Wildman–Crippen LogP) is 4.24. The van der Waals surface area contributed by atoms with Gasteiger partial charge in [-0.2, -0.15) is 0 Å². The van der Waals surface area contributed by atoms with Crippen LogP contribution in [0.2, 0.25) is 0 Å². The number of hydrogen-bond acceptors (Lipinski definition) is 5. The number of benzene rings is 3. The Morgan fingerprint density at radius 2 is 1.52 bits per heavy atom. The molecule has 0 saturated carbocycles. The maximum atomic E-state index is 13.2. The number of carbonyl (C=O) groups excluding carboxylic acids is 2. The highest BCUT2D eigenvalue weighted by atomic mass is 19.1. The number of carbonyl (C=O) groups is 4. The predicted molar refractivity (Wildman–Crippen MR) is 118 cm³/mol. The van der Waals surface area contributed by atoms with Crippen molar-refractivity contribution in [1.29, 1.82) is 0 Å². The van der Waals surface area contributed by atoms with Gasteiger partial charge in [-0.25, -0.2) is 14.0 Å². The quantitative estimate of drug-likeness (QED) is 0.389. The number of nitrogens with one attached hydrogen (secondary N) is 1. The molecular weight excluding hydrogens is 433 g/mol. The monoisotopic (exact) mass is 453 g/mol. The Hall–Kier alpha value is -4.53. The molecular formula is C24H20FNO7. The maximum absolute atomic E-state index is 13.2. The zero-order chi connectivity index (χ0) is 24.5. The number of aryl methyl sites for hydroxylation is 1. The van der Waals surface area contributed by atoms with Gasteiger partial charge in [0.2, 0.25) is 0 Å². The Labute approximate surface area is 188 Å². The zero-order valence-corrected chi connectivity index (χ0v) is 17.7. The van der Waals surface area contributed by atoms with Crippen LogP contribution in [0.4, 0.5) is 10.1 Å². The lowest BCUT2D eigenvalue weighted by Crippen LogP contribution is -2.17. The standard InChI is InChI=1S/C23H18FNO5.CH2O2/c1-13-11-16(22(27)28)6-9-18(13)21(26)25-20-12-15(5-10-19(20)23(29)30-2)14-3-7-17(24)8-4-14;2-1-3/h3-12H,1-2H3,(H,25,26)(H,27,28);1H,(H,2,3). The number of amides is 1. The van der Waals surface area contributed by atoms with Crippen LogP contribution >= 0.6 is 0 Å². The molecule has 0 bridgehead atoms. The molecule has 0 aliphatic carbocycles. The molecule has 8 nitrogen and oxygen atoms in total. The first-order chi connectivity index (χ1) is 15.7. The van der Waals surface area contributed by atoms with Crippen molar-refractivity contribution in [2.45, 2.75) is 6.92 Å². The largest absolute Gasteiger partial charge is 0.483 e. The molecule has 170 valence electrons. The SMILES string of the molecule is COC(=O)c1ccc(-c2ccc(F)cc2)cc1NC(=O)c1ccc(C(=O)O)cc1C.O=CO. The van der Waals surface area contributed by atoms with Crippen LogP contribution in [0.1, 0.15) is 36.6 Å². The van der Waals surface area contributed by atoms with Crippen molar-refractivity contribution < 1.29 is 38.5 Å². The van der Waals surface area contributed by atoms with Crippen molar-refractivity contribution in [2.75, 3.05) is 12.4 Å². The van der Waals surface area contributed by atoms with Crippen LogP contribution in [0, 0.1) is 12.7 Å². The number of halogens is 1. The third-order valence-electron chi connectivity index (χ3n) is 4.57. The topological polar surface area (TPSA) is 130 Å². The summed E-state index contributed by atoms with van der Waals surface area (Å²) >= 11 is 0. The molecule has 3 aromatic rings. The van der Waals surface area contributed by atoms with Crippen molar-refractivity contribution in [3.8, 4) is 11.1 Å². The number of rotatable bonds is 5. The molecule has 3 N–H and O–H groups in total. The molecule has 0 heterocycles. The summed E-state index contributed by atoms with van der Waals surface area (Å²) in [6, 6.07) is 14.7. The van der Waals surface area contributed by atoms with Crippen LogP contribution in [0.3, 0.4) is 0 Å². The fourth-order valence-electron chi connectivity index (χ4n) is 3.00. The van der Waals surface area contributed by atoms with Gasteiger partial charge in [0, 0.05) is 5.56 Å². The van der Waals surface area contributed by atoms with E-state index in [1.54, 1.807) is 31.2 Å². The number of carboxylic acid groups (broad SMARTS) is 2. The number of methoxy groups -OCH3 is 1. The van der Waals surface area contributed by atoms with Crippen LogP contribution in [0.25, 0.3) is 11.1 Å². The van der Waals surface area contributed by atoms with Crippen molar-refractivity contribution in [2.24, 2.45) is 0 Å². The minimum Gasteiger partial charge on any atom is -0.483 e. The van der Waals surface area contributed by atoms with E-state index in [0.717, 1.165) is 0 Å². The Kier molecular flexibility index (Phi) is 8.39. The third kappa shape index (κ3) is 6.23. The van der Waals surface area contributed by atoms with E-state index in [1.165, 1.54) is 43.5 Å². The summed E-state index contributed by atoms with van der Waals surface area (Å²) in [4.78, 5) is 44.4. The van der Waals surface area contributed by atoms with Gasteiger partial charge in [-0.1, -0.05) is 18.2 Å². The molecule has 0 spiro atoms. The number of hydrogen-bond donors (Lipinski definition) is 3. The fraction of sp³-hybridized carbons (Fsp3) is 0.0833. The Balaban J connectivity index is 0.00000122. The van der Waals surface area contributed by atoms with Gasteiger partial charge in [-0.3, -0.25) is 9.59 Å². The van der Waals surface area contributed by atoms with Gasteiger partial charge < -0.3 is 20.3 Å². The van der Waals surface area contributed by atoms with Crippen molar-refractivity contribution in [3.05, 3.63) is 88.7 Å². The summed E-state index contributed by atoms with van der Waals surface area (Å²) in [7, 11) is 1.23. The highest BCUT2D eigenvalue weighted by Crippen LogP contribution is 2.27. The smallest absolute Gasteiger partial charge is 0.339 e. The highest BCUT2D eigenvalue weighted by molar-refractivity contribution is 6.09. The second kappa shape index (κ2) is 11.2. The summed E-state index contributed by atoms with van der Waals surface area (Å²) < 4.78 is 18.0. The van der Waals surface area contributed by atoms with E-state index >= 15 is 0 Å². The molecule has 0 radical (unpaired) electrons. The molecule has 0 atom stereocenters. The molecule has 0 aromatic heterocycles. The minimum atomic E-state index is -1.09. The van der Waals surface area contributed by atoms with Crippen molar-refractivity contribution >= 4 is 30.0 Å². The summed E-state index contributed by atoms with van der Waals surface area (Å²) in [5.41, 5.74) is 2.54. The van der Waals surface area contributed by atoms with Crippen LogP contribution < -0.4 is 5.32 Å². The summed E-state index contributed by atoms with van der Waals surface area (Å²) in [5, 5.41) is 18.7. The Morgan fingerprint density at radius 1 is 0.939 bits per heavy atom. The van der Waals surface area contributed by atoms with Crippen LogP contribution in [0.15, 0.2) is 60.7 Å². The third-order valence-corrected chi connectivity index (χ3v) is 4.57. The second-order valence-electron chi connectivity index (χ2n) is 6.65. The average molecular weight is 453 g/mol. The number of ether oxygens (including phenoxy) is 1. The van der Waals surface area contributed by atoms with E-state index in [2.05, 4.69) is 5.32 Å². The van der Waals surface area contributed by atoms with E-state index in [0.29, 0.717) is 16.7 Å². The first-order valence-electron chi connectivity index (χ1n) is 9.43. The van der Waals surface area contributed by atoms with Crippen molar-refractivity contribution in [3.63, 3.8) is 0 Å². The van der Waals surface area contributed by atoms with E-state index in [9.17, 15) is 18.8 Å². The summed E-state index contributed by atoms with van der Waals surface area (Å²) in [5.74, 6) is -2.61. The molecule has 0 unspecified atom stereocenters. The van der Waals surface area contributed by atoms with E-state index in [4.69, 9.17) is 19.7 Å². The van der Waals surface area contributed by atoms with E-state index in [-0.39, 0.29) is 34.7 Å². The first-order valence-corrected chi connectivity index (χ1v) is 9.43. The van der Waals surface area contributed by atoms with Crippen molar-refractivity contribution in [1.82, 2.24) is 0 Å². The fourth-order valence-corrected chi connectivity index (χ4v) is 3.00. The van der Waals surface area contributed by atoms with Crippen LogP contribution in [0.5, 0.6) is 0 Å². The minimum absolute atomic E-state index is 0.0672. The lowest BCUT2D eigenvalue weighted by molar-refractivity contribution is -0.122. The van der Waals surface area contributed by atoms with Gasteiger partial charge in [-0.15, -0.1) is 0 Å². The Bertz CT molecular complexity index is 1190. The van der Waals surface area contributed by atoms with E-state index in [1.807, 2.05) is 0 Å². The molecule has 0 aliphatic rings. The molecule has 33 heavy (non-hydrogen) atoms. The van der Waals surface area contributed by atoms with Crippen LogP contribution in [-0.2, 0) is 9.53 Å². The lowest BCUT2D eigenvalue weighted by Gasteiger charge is -2.13. The molecule has 3 rings (SSSR count). The maximum Gasteiger partial charge on any atom is 0.339 e. The average Bonchev–Trinajstić information content (AvgIpc) is 2.79.